The summed E-state index contributed by atoms with van der Waals surface area (Å²) in [7, 11) is -2.39. The average Bonchev–Trinajstić information content (AvgIpc) is 2.04. The highest BCUT2D eigenvalue weighted by Crippen LogP contribution is 2.28. The molecule has 1 aromatic rings. The monoisotopic (exact) mass is 200 g/mol. The Morgan fingerprint density at radius 1 is 1.23 bits per heavy atom. The van der Waals surface area contributed by atoms with Crippen molar-refractivity contribution in [3.63, 3.8) is 0 Å². The van der Waals surface area contributed by atoms with E-state index in [2.05, 4.69) is 0 Å². The van der Waals surface area contributed by atoms with Crippen LogP contribution in [-0.2, 0) is 9.09 Å². The molecule has 0 radical (unpaired) electrons. The molecular weight excluding hydrogens is 187 g/mol. The summed E-state index contributed by atoms with van der Waals surface area (Å²) in [5.74, 6) is 0.576. The Morgan fingerprint density at radius 3 is 2.38 bits per heavy atom. The molecule has 1 rings (SSSR count). The van der Waals surface area contributed by atoms with Crippen molar-refractivity contribution in [2.45, 2.75) is 20.0 Å². The first-order chi connectivity index (χ1) is 6.18. The Kier molecular flexibility index (Phi) is 4.00. The lowest BCUT2D eigenvalue weighted by Crippen LogP contribution is -1.96. The zero-order chi connectivity index (χ0) is 9.68. The predicted octanol–water partition coefficient (Wildman–Crippen LogP) is 2.88. The second kappa shape index (κ2) is 5.05. The van der Waals surface area contributed by atoms with Gasteiger partial charge < -0.3 is 4.52 Å². The van der Waals surface area contributed by atoms with Gasteiger partial charge in [0.05, 0.1) is 6.10 Å². The molecular formula is C9H13O3P. The Hall–Kier alpha value is -0.790. The highest BCUT2D eigenvalue weighted by Gasteiger charge is 2.03. The van der Waals surface area contributed by atoms with Gasteiger partial charge >= 0.3 is 8.25 Å². The summed E-state index contributed by atoms with van der Waals surface area (Å²) in [6.07, 6.45) is -0.0740. The maximum absolute atomic E-state index is 11.2. The molecule has 0 saturated heterocycles. The summed E-state index contributed by atoms with van der Waals surface area (Å²) in [6.45, 7) is 3.63. The van der Waals surface area contributed by atoms with Crippen LogP contribution in [0.3, 0.4) is 0 Å². The van der Waals surface area contributed by atoms with E-state index in [0.29, 0.717) is 5.75 Å². The molecule has 0 aromatic heterocycles. The third kappa shape index (κ3) is 4.11. The molecule has 3 nitrogen and oxygen atoms in total. The molecule has 1 unspecified atom stereocenters. The average molecular weight is 200 g/mol. The van der Waals surface area contributed by atoms with E-state index < -0.39 is 8.25 Å². The van der Waals surface area contributed by atoms with Crippen LogP contribution in [0.25, 0.3) is 0 Å². The maximum atomic E-state index is 11.2. The van der Waals surface area contributed by atoms with Crippen molar-refractivity contribution in [1.29, 1.82) is 0 Å². The second-order valence-electron chi connectivity index (χ2n) is 2.83. The molecule has 1 aromatic carbocycles. The molecule has 1 atom stereocenters. The minimum atomic E-state index is -2.39. The van der Waals surface area contributed by atoms with E-state index in [1.165, 1.54) is 0 Å². The van der Waals surface area contributed by atoms with Gasteiger partial charge in [-0.1, -0.05) is 18.2 Å². The van der Waals surface area contributed by atoms with E-state index in [1.54, 1.807) is 12.1 Å². The Labute approximate surface area is 78.6 Å². The molecule has 0 N–H and O–H groups in total. The van der Waals surface area contributed by atoms with Gasteiger partial charge in [0, 0.05) is 0 Å². The summed E-state index contributed by atoms with van der Waals surface area (Å²) < 4.78 is 21.2. The zero-order valence-corrected chi connectivity index (χ0v) is 8.69. The zero-order valence-electron chi connectivity index (χ0n) is 7.69. The molecule has 0 aliphatic carbocycles. The van der Waals surface area contributed by atoms with Crippen molar-refractivity contribution in [2.24, 2.45) is 0 Å². The Morgan fingerprint density at radius 2 is 1.85 bits per heavy atom. The summed E-state index contributed by atoms with van der Waals surface area (Å²) in [6, 6.07) is 8.99. The molecule has 0 fully saturated rings. The maximum Gasteiger partial charge on any atom is 0.368 e. The van der Waals surface area contributed by atoms with Gasteiger partial charge in [-0.3, -0.25) is 4.52 Å². The number of hydrogen-bond donors (Lipinski definition) is 0. The van der Waals surface area contributed by atoms with Crippen molar-refractivity contribution in [1.82, 2.24) is 0 Å². The minimum Gasteiger partial charge on any atom is -0.426 e. The van der Waals surface area contributed by atoms with Gasteiger partial charge in [0.1, 0.15) is 5.75 Å². The molecule has 0 heterocycles. The van der Waals surface area contributed by atoms with Crippen LogP contribution < -0.4 is 4.52 Å². The van der Waals surface area contributed by atoms with Crippen molar-refractivity contribution in [3.05, 3.63) is 30.3 Å². The van der Waals surface area contributed by atoms with Crippen LogP contribution in [0.5, 0.6) is 5.75 Å². The van der Waals surface area contributed by atoms with Gasteiger partial charge in [0.2, 0.25) is 0 Å². The van der Waals surface area contributed by atoms with Gasteiger partial charge in [-0.2, -0.15) is 0 Å². The third-order valence-electron chi connectivity index (χ3n) is 1.28. The predicted molar refractivity (Wildman–Crippen MR) is 52.3 cm³/mol. The quantitative estimate of drug-likeness (QED) is 0.701. The molecule has 13 heavy (non-hydrogen) atoms. The topological polar surface area (TPSA) is 35.5 Å². The summed E-state index contributed by atoms with van der Waals surface area (Å²) in [5, 5.41) is 0. The van der Waals surface area contributed by atoms with Crippen LogP contribution in [0.2, 0.25) is 0 Å². The van der Waals surface area contributed by atoms with E-state index in [4.69, 9.17) is 9.05 Å². The van der Waals surface area contributed by atoms with E-state index in [-0.39, 0.29) is 6.10 Å². The van der Waals surface area contributed by atoms with Gasteiger partial charge in [0.25, 0.3) is 0 Å². The van der Waals surface area contributed by atoms with Crippen molar-refractivity contribution < 1.29 is 13.6 Å². The Bertz CT molecular complexity index is 271. The smallest absolute Gasteiger partial charge is 0.368 e. The molecule has 0 saturated carbocycles. The first-order valence-electron chi connectivity index (χ1n) is 4.12. The molecule has 0 aliphatic rings. The minimum absolute atomic E-state index is 0.0740. The standard InChI is InChI=1S/C9H13O3P/c1-8(2)11-13(10)12-9-6-4-3-5-7-9/h3-8,13H,1-2H3. The van der Waals surface area contributed by atoms with Crippen LogP contribution in [0.1, 0.15) is 13.8 Å². The second-order valence-corrected chi connectivity index (χ2v) is 3.77. The van der Waals surface area contributed by atoms with Crippen LogP contribution in [-0.4, -0.2) is 6.10 Å². The van der Waals surface area contributed by atoms with Crippen LogP contribution in [0, 0.1) is 0 Å². The molecule has 0 bridgehead atoms. The first kappa shape index (κ1) is 10.3. The normalized spacial score (nSPS) is 12.8. The highest BCUT2D eigenvalue weighted by atomic mass is 31.1. The lowest BCUT2D eigenvalue weighted by Gasteiger charge is -2.08. The van der Waals surface area contributed by atoms with E-state index in [0.717, 1.165) is 0 Å². The van der Waals surface area contributed by atoms with E-state index >= 15 is 0 Å². The lowest BCUT2D eigenvalue weighted by atomic mass is 10.3. The van der Waals surface area contributed by atoms with Gasteiger partial charge in [-0.15, -0.1) is 0 Å². The summed E-state index contributed by atoms with van der Waals surface area (Å²) in [5.41, 5.74) is 0. The largest absolute Gasteiger partial charge is 0.426 e. The molecule has 0 amide bonds. The molecule has 0 aliphatic heterocycles. The van der Waals surface area contributed by atoms with Gasteiger partial charge in [-0.25, -0.2) is 4.57 Å². The number of benzene rings is 1. The van der Waals surface area contributed by atoms with E-state index in [1.807, 2.05) is 32.0 Å². The first-order valence-corrected chi connectivity index (χ1v) is 5.34. The van der Waals surface area contributed by atoms with Crippen molar-refractivity contribution >= 4 is 8.25 Å². The van der Waals surface area contributed by atoms with E-state index in [9.17, 15) is 4.57 Å². The SMILES string of the molecule is CC(C)O[PH](=O)Oc1ccccc1. The molecule has 0 spiro atoms. The third-order valence-corrected chi connectivity index (χ3v) is 2.34. The van der Waals surface area contributed by atoms with Crippen LogP contribution in [0.4, 0.5) is 0 Å². The van der Waals surface area contributed by atoms with Crippen molar-refractivity contribution in [3.8, 4) is 5.75 Å². The van der Waals surface area contributed by atoms with Gasteiger partial charge in [0.15, 0.2) is 0 Å². The number of rotatable bonds is 4. The van der Waals surface area contributed by atoms with Crippen molar-refractivity contribution in [2.75, 3.05) is 0 Å². The fourth-order valence-corrected chi connectivity index (χ4v) is 1.56. The molecule has 4 heteroatoms. The number of para-hydroxylation sites is 1. The molecule has 72 valence electrons. The van der Waals surface area contributed by atoms with Crippen LogP contribution in [0.15, 0.2) is 30.3 Å². The highest BCUT2D eigenvalue weighted by molar-refractivity contribution is 7.33. The Balaban J connectivity index is 2.46. The van der Waals surface area contributed by atoms with Crippen LogP contribution >= 0.6 is 8.25 Å². The number of hydrogen-bond acceptors (Lipinski definition) is 3. The lowest BCUT2D eigenvalue weighted by molar-refractivity contribution is 0.226. The summed E-state index contributed by atoms with van der Waals surface area (Å²) in [4.78, 5) is 0. The summed E-state index contributed by atoms with van der Waals surface area (Å²) >= 11 is 0. The fraction of sp³-hybridized carbons (Fsp3) is 0.333. The van der Waals surface area contributed by atoms with Gasteiger partial charge in [-0.05, 0) is 26.0 Å². The fourth-order valence-electron chi connectivity index (χ4n) is 0.801.